The molecule has 0 aliphatic carbocycles. The predicted molar refractivity (Wildman–Crippen MR) is 251 cm³/mol. The molecule has 2 heterocycles. The van der Waals surface area contributed by atoms with Gasteiger partial charge in [0.1, 0.15) is 52.7 Å². The highest BCUT2D eigenvalue weighted by Crippen LogP contribution is 2.27. The first-order chi connectivity index (χ1) is 31.1. The number of aryl methyl sites for hydroxylation is 2. The normalized spacial score (nSPS) is 14.0. The fourth-order valence-electron chi connectivity index (χ4n) is 6.25. The lowest BCUT2D eigenvalue weighted by molar-refractivity contribution is -0.149. The van der Waals surface area contributed by atoms with E-state index in [0.717, 1.165) is 28.4 Å². The first kappa shape index (κ1) is 52.9. The fraction of sp³-hybridized carbons (Fsp3) is 0.543. The minimum atomic E-state index is -1.20. The quantitative estimate of drug-likeness (QED) is 0.0223. The highest BCUT2D eigenvalue weighted by molar-refractivity contribution is 7.15. The van der Waals surface area contributed by atoms with Gasteiger partial charge in [-0.2, -0.15) is 0 Å². The molecule has 5 atom stereocenters. The number of anilines is 2. The molecule has 20 heteroatoms. The maximum Gasteiger partial charge on any atom is 0.408 e. The zero-order valence-corrected chi connectivity index (χ0v) is 40.9. The molecular weight excluding hydrogens is 889 g/mol. The molecule has 0 spiro atoms. The van der Waals surface area contributed by atoms with Crippen LogP contribution in [-0.4, -0.2) is 98.3 Å². The van der Waals surface area contributed by atoms with Gasteiger partial charge in [-0.1, -0.05) is 111 Å². The number of esters is 2. The van der Waals surface area contributed by atoms with Crippen LogP contribution in [0.3, 0.4) is 0 Å². The smallest absolute Gasteiger partial charge is 0.408 e. The molecule has 0 aliphatic heterocycles. The van der Waals surface area contributed by atoms with Gasteiger partial charge in [0.15, 0.2) is 0 Å². The summed E-state index contributed by atoms with van der Waals surface area (Å²) < 4.78 is 21.9. The summed E-state index contributed by atoms with van der Waals surface area (Å²) in [7, 11) is 0. The third-order valence-corrected chi connectivity index (χ3v) is 11.4. The Morgan fingerprint density at radius 3 is 1.53 bits per heavy atom. The van der Waals surface area contributed by atoms with Crippen LogP contribution in [0.4, 0.5) is 19.9 Å². The number of amides is 3. The number of rotatable bonds is 22. The average molecular weight is 953 g/mol. The molecule has 0 saturated heterocycles. The van der Waals surface area contributed by atoms with Crippen molar-refractivity contribution in [3.8, 4) is 0 Å². The molecule has 3 unspecified atom stereocenters. The number of nitrogens with one attached hydrogen (secondary N) is 4. The highest BCUT2D eigenvalue weighted by Gasteiger charge is 2.33. The molecule has 4 aromatic rings. The molecule has 66 heavy (non-hydrogen) atoms. The molecule has 360 valence electrons. The van der Waals surface area contributed by atoms with Gasteiger partial charge in [-0.3, -0.25) is 10.1 Å². The lowest BCUT2D eigenvalue weighted by atomic mass is 9.98. The van der Waals surface area contributed by atoms with Crippen LogP contribution in [0.2, 0.25) is 0 Å². The second kappa shape index (κ2) is 24.7. The van der Waals surface area contributed by atoms with E-state index in [1.807, 2.05) is 36.4 Å². The van der Waals surface area contributed by atoms with E-state index >= 15 is 0 Å². The summed E-state index contributed by atoms with van der Waals surface area (Å²) in [6, 6.07) is 16.1. The molecule has 2 aromatic heterocycles. The molecule has 0 aliphatic rings. The van der Waals surface area contributed by atoms with Crippen molar-refractivity contribution >= 4 is 63.0 Å². The number of alkyl carbamates (subject to hydrolysis) is 2. The van der Waals surface area contributed by atoms with Crippen molar-refractivity contribution < 1.29 is 48.0 Å². The first-order valence-corrected chi connectivity index (χ1v) is 23.5. The van der Waals surface area contributed by atoms with Crippen LogP contribution in [0.25, 0.3) is 0 Å². The second-order valence-corrected chi connectivity index (χ2v) is 20.4. The Hall–Kier alpha value is -5.73. The van der Waals surface area contributed by atoms with Crippen LogP contribution in [0.15, 0.2) is 60.7 Å². The van der Waals surface area contributed by atoms with Crippen molar-refractivity contribution in [2.75, 3.05) is 23.8 Å². The van der Waals surface area contributed by atoms with Gasteiger partial charge in [-0.05, 0) is 77.3 Å². The third kappa shape index (κ3) is 17.9. The van der Waals surface area contributed by atoms with Crippen molar-refractivity contribution in [2.45, 2.75) is 136 Å². The lowest BCUT2D eigenvalue weighted by Gasteiger charge is -2.27. The number of carbonyl (C=O) groups is 5. The average Bonchev–Trinajstić information content (AvgIpc) is 3.88. The highest BCUT2D eigenvalue weighted by atomic mass is 32.1. The molecular formula is C46H64N8O10S2. The summed E-state index contributed by atoms with van der Waals surface area (Å²) in [5.41, 5.74) is -0.153. The van der Waals surface area contributed by atoms with Crippen LogP contribution in [-0.2, 0) is 46.2 Å². The van der Waals surface area contributed by atoms with Gasteiger partial charge < -0.3 is 40.0 Å². The summed E-state index contributed by atoms with van der Waals surface area (Å²) in [6.07, 6.45) is 0.0173. The Bertz CT molecular complexity index is 2170. The van der Waals surface area contributed by atoms with Gasteiger partial charge in [0.25, 0.3) is 0 Å². The second-order valence-electron chi connectivity index (χ2n) is 18.3. The molecule has 0 saturated carbocycles. The standard InChI is InChI=1S/C46H64N8O10S2/c1-27(2)35(47-43(59)63-45(5,6)7)39(57)61-25-31(29-19-13-11-14-20-29)37(55)49-41-53-51-33(65-41)23-17-18-24-34-52-54-42(66-34)50-38(56)32(30-21-15-12-16-22-30)26-62-40(58)36(28(3)4)48-44(60)64-46(8,9)10/h11-16,19-22,27-28,31-32,35-37,55H,17-18,23-26H2,1-10H3,(H,47,59)(H,48,60)(H,49,53)(H,50,54,56)/t31?,32?,35-,36-,37?/m0/s1. The van der Waals surface area contributed by atoms with E-state index in [-0.39, 0.29) is 25.0 Å². The van der Waals surface area contributed by atoms with Crippen molar-refractivity contribution in [3.05, 3.63) is 81.8 Å². The van der Waals surface area contributed by atoms with Gasteiger partial charge in [-0.25, -0.2) is 19.2 Å². The summed E-state index contributed by atoms with van der Waals surface area (Å²) in [5, 5.41) is 41.5. The summed E-state index contributed by atoms with van der Waals surface area (Å²) >= 11 is 2.55. The number of unbranched alkanes of at least 4 members (excludes halogenated alkanes) is 1. The number of ether oxygens (including phenoxy) is 4. The fourth-order valence-corrected chi connectivity index (χ4v) is 7.85. The maximum absolute atomic E-state index is 13.6. The number of hydrogen-bond donors (Lipinski definition) is 5. The molecule has 2 aromatic carbocycles. The Labute approximate surface area is 394 Å². The van der Waals surface area contributed by atoms with Crippen molar-refractivity contribution in [3.63, 3.8) is 0 Å². The largest absolute Gasteiger partial charge is 0.463 e. The van der Waals surface area contributed by atoms with E-state index in [9.17, 15) is 29.1 Å². The van der Waals surface area contributed by atoms with Gasteiger partial charge in [-0.15, -0.1) is 20.4 Å². The molecule has 5 N–H and O–H groups in total. The van der Waals surface area contributed by atoms with Gasteiger partial charge in [0.2, 0.25) is 16.2 Å². The lowest BCUT2D eigenvalue weighted by Crippen LogP contribution is -2.47. The summed E-state index contributed by atoms with van der Waals surface area (Å²) in [5.74, 6) is -3.95. The Kier molecular flexibility index (Phi) is 19.8. The first-order valence-electron chi connectivity index (χ1n) is 21.9. The van der Waals surface area contributed by atoms with E-state index in [1.54, 1.807) is 93.5 Å². The molecule has 0 fully saturated rings. The molecule has 4 rings (SSSR count). The number of aromatic nitrogens is 4. The molecule has 3 amide bonds. The van der Waals surface area contributed by atoms with Gasteiger partial charge in [0.05, 0.1) is 11.8 Å². The van der Waals surface area contributed by atoms with Gasteiger partial charge >= 0.3 is 24.1 Å². The molecule has 18 nitrogen and oxygen atoms in total. The van der Waals surface area contributed by atoms with E-state index in [0.29, 0.717) is 28.7 Å². The number of nitrogens with zero attached hydrogens (tertiary/aromatic N) is 4. The van der Waals surface area contributed by atoms with E-state index in [2.05, 4.69) is 41.7 Å². The number of hydrogen-bond acceptors (Lipinski definition) is 17. The number of aliphatic hydroxyl groups excluding tert-OH is 1. The predicted octanol–water partition coefficient (Wildman–Crippen LogP) is 7.38. The van der Waals surface area contributed by atoms with Crippen LogP contribution >= 0.6 is 22.7 Å². The van der Waals surface area contributed by atoms with Crippen LogP contribution in [0.5, 0.6) is 0 Å². The Balaban J connectivity index is 1.28. The van der Waals surface area contributed by atoms with E-state index in [4.69, 9.17) is 18.9 Å². The van der Waals surface area contributed by atoms with Crippen LogP contribution < -0.4 is 21.3 Å². The van der Waals surface area contributed by atoms with Crippen LogP contribution in [0, 0.1) is 11.8 Å². The Morgan fingerprint density at radius 1 is 0.621 bits per heavy atom. The zero-order valence-electron chi connectivity index (χ0n) is 39.3. The van der Waals surface area contributed by atoms with Crippen molar-refractivity contribution in [1.82, 2.24) is 31.0 Å². The summed E-state index contributed by atoms with van der Waals surface area (Å²) in [4.78, 5) is 64.9. The number of carbonyl (C=O) groups excluding carboxylic acids is 5. The topological polar surface area (TPSA) is 242 Å². The van der Waals surface area contributed by atoms with E-state index < -0.39 is 71.4 Å². The zero-order chi connectivity index (χ0) is 48.6. The van der Waals surface area contributed by atoms with Crippen molar-refractivity contribution in [2.24, 2.45) is 11.8 Å². The molecule has 0 radical (unpaired) electrons. The monoisotopic (exact) mass is 952 g/mol. The van der Waals surface area contributed by atoms with Crippen molar-refractivity contribution in [1.29, 1.82) is 0 Å². The third-order valence-electron chi connectivity index (χ3n) is 9.58. The maximum atomic E-state index is 13.6. The van der Waals surface area contributed by atoms with Crippen LogP contribution in [0.1, 0.15) is 115 Å². The number of aliphatic hydroxyl groups is 1. The molecule has 0 bridgehead atoms. The number of benzene rings is 2. The van der Waals surface area contributed by atoms with E-state index in [1.165, 1.54) is 22.7 Å². The van der Waals surface area contributed by atoms with Gasteiger partial charge in [0, 0.05) is 12.8 Å². The minimum Gasteiger partial charge on any atom is -0.463 e. The Morgan fingerprint density at radius 2 is 1.06 bits per heavy atom. The summed E-state index contributed by atoms with van der Waals surface area (Å²) in [6.45, 7) is 17.0. The minimum absolute atomic E-state index is 0.183. The SMILES string of the molecule is CC(C)[C@H](NC(=O)OC(C)(C)C)C(=O)OCC(C(=O)Nc1nnc(CCCCc2nnc(NC(O)C(COC(=O)[C@@H](NC(=O)OC(C)(C)C)C(C)C)c3ccccc3)s2)s1)c1ccccc1.